The summed E-state index contributed by atoms with van der Waals surface area (Å²) in [6.07, 6.45) is -0.485. The molecule has 0 aliphatic carbocycles. The second kappa shape index (κ2) is 8.97. The van der Waals surface area contributed by atoms with Crippen LogP contribution in [-0.2, 0) is 14.2 Å². The number of halogens is 1. The number of esters is 1. The molecule has 1 rings (SSSR count). The molecule has 0 radical (unpaired) electrons. The average Bonchev–Trinajstić information content (AvgIpc) is 2.47. The Labute approximate surface area is 126 Å². The Bertz CT molecular complexity index is 502. The van der Waals surface area contributed by atoms with E-state index in [1.54, 1.807) is 19.1 Å². The lowest BCUT2D eigenvalue weighted by Gasteiger charge is -2.12. The Balaban J connectivity index is 2.40. The monoisotopic (exact) mass is 314 g/mol. The molecule has 0 bridgehead atoms. The molecule has 0 saturated carbocycles. The van der Waals surface area contributed by atoms with Crippen molar-refractivity contribution in [2.45, 2.75) is 19.4 Å². The van der Waals surface area contributed by atoms with Gasteiger partial charge in [-0.25, -0.2) is 9.59 Å². The maximum atomic E-state index is 11.8. The van der Waals surface area contributed by atoms with Crippen LogP contribution in [0.3, 0.4) is 0 Å². The fraction of sp³-hybridized carbons (Fsp3) is 0.357. The minimum atomic E-state index is -0.880. The van der Waals surface area contributed by atoms with E-state index >= 15 is 0 Å². The van der Waals surface area contributed by atoms with E-state index in [1.165, 1.54) is 12.1 Å². The van der Waals surface area contributed by atoms with Crippen LogP contribution >= 0.6 is 11.6 Å². The highest BCUT2D eigenvalue weighted by Crippen LogP contribution is 2.09. The molecular weight excluding hydrogens is 300 g/mol. The first-order valence-electron chi connectivity index (χ1n) is 6.19. The Morgan fingerprint density at radius 2 is 2.00 bits per heavy atom. The third kappa shape index (κ3) is 5.83. The predicted octanol–water partition coefficient (Wildman–Crippen LogP) is 2.78. The summed E-state index contributed by atoms with van der Waals surface area (Å²) in [5, 5.41) is 0. The van der Waals surface area contributed by atoms with Gasteiger partial charge < -0.3 is 14.2 Å². The van der Waals surface area contributed by atoms with Crippen LogP contribution in [0.15, 0.2) is 24.3 Å². The molecule has 0 aromatic heterocycles. The van der Waals surface area contributed by atoms with Gasteiger partial charge in [0.2, 0.25) is 0 Å². The molecule has 0 amide bonds. The summed E-state index contributed by atoms with van der Waals surface area (Å²) in [4.78, 5) is 33.6. The molecule has 0 aliphatic heterocycles. The first-order chi connectivity index (χ1) is 10.1. The van der Waals surface area contributed by atoms with Gasteiger partial charge >= 0.3 is 12.1 Å². The van der Waals surface area contributed by atoms with Gasteiger partial charge in [-0.2, -0.15) is 0 Å². The van der Waals surface area contributed by atoms with E-state index in [9.17, 15) is 14.4 Å². The summed E-state index contributed by atoms with van der Waals surface area (Å²) in [6, 6.07) is 6.03. The Hall–Kier alpha value is -2.08. The molecule has 114 valence electrons. The van der Waals surface area contributed by atoms with Gasteiger partial charge in [0.25, 0.3) is 0 Å². The van der Waals surface area contributed by atoms with Crippen LogP contribution in [0.25, 0.3) is 0 Å². The highest BCUT2D eigenvalue weighted by molar-refractivity contribution is 6.17. The molecule has 0 N–H and O–H groups in total. The summed E-state index contributed by atoms with van der Waals surface area (Å²) in [5.74, 6) is -0.603. The van der Waals surface area contributed by atoms with Crippen molar-refractivity contribution in [3.8, 4) is 0 Å². The fourth-order valence-electron chi connectivity index (χ4n) is 1.48. The molecule has 1 aromatic carbocycles. The van der Waals surface area contributed by atoms with E-state index < -0.39 is 18.2 Å². The number of hydrogen-bond acceptors (Lipinski definition) is 6. The van der Waals surface area contributed by atoms with Gasteiger partial charge in [0.1, 0.15) is 6.10 Å². The van der Waals surface area contributed by atoms with Crippen molar-refractivity contribution in [3.63, 3.8) is 0 Å². The second-order valence-electron chi connectivity index (χ2n) is 4.06. The van der Waals surface area contributed by atoms with Crippen LogP contribution in [0, 0.1) is 0 Å². The van der Waals surface area contributed by atoms with E-state index in [4.69, 9.17) is 21.1 Å². The van der Waals surface area contributed by atoms with Gasteiger partial charge in [0.05, 0.1) is 12.2 Å². The number of hydrogen-bond donors (Lipinski definition) is 0. The molecule has 6 nitrogen and oxygen atoms in total. The number of alkyl halides is 1. The number of aldehydes is 1. The third-order valence-electron chi connectivity index (χ3n) is 2.54. The molecule has 0 saturated heterocycles. The molecule has 1 unspecified atom stereocenters. The highest BCUT2D eigenvalue weighted by atomic mass is 35.5. The summed E-state index contributed by atoms with van der Waals surface area (Å²) in [7, 11) is 0. The molecule has 0 aliphatic rings. The van der Waals surface area contributed by atoms with E-state index in [-0.39, 0.29) is 23.8 Å². The van der Waals surface area contributed by atoms with Crippen molar-refractivity contribution in [1.82, 2.24) is 0 Å². The number of carbonyl (C=O) groups excluding carboxylic acids is 3. The predicted molar refractivity (Wildman–Crippen MR) is 74.5 cm³/mol. The lowest BCUT2D eigenvalue weighted by molar-refractivity contribution is 0.0221. The van der Waals surface area contributed by atoms with E-state index in [2.05, 4.69) is 4.74 Å². The Morgan fingerprint density at radius 3 is 2.67 bits per heavy atom. The number of ether oxygens (including phenoxy) is 3. The van der Waals surface area contributed by atoms with Crippen molar-refractivity contribution in [2.24, 2.45) is 0 Å². The first-order valence-corrected chi connectivity index (χ1v) is 6.72. The average molecular weight is 315 g/mol. The minimum absolute atomic E-state index is 0.0430. The lowest BCUT2D eigenvalue weighted by atomic mass is 10.1. The van der Waals surface area contributed by atoms with Crippen LogP contribution in [0.1, 0.15) is 34.1 Å². The lowest BCUT2D eigenvalue weighted by Crippen LogP contribution is -2.19. The maximum Gasteiger partial charge on any atom is 0.509 e. The largest absolute Gasteiger partial charge is 0.509 e. The van der Waals surface area contributed by atoms with Gasteiger partial charge in [-0.15, -0.1) is 0 Å². The highest BCUT2D eigenvalue weighted by Gasteiger charge is 2.14. The van der Waals surface area contributed by atoms with Gasteiger partial charge in [0, 0.05) is 12.0 Å². The molecule has 0 heterocycles. The van der Waals surface area contributed by atoms with Gasteiger partial charge in [-0.05, 0) is 13.0 Å². The quantitative estimate of drug-likeness (QED) is 0.437. The van der Waals surface area contributed by atoms with Crippen molar-refractivity contribution in [2.75, 3.05) is 12.7 Å². The number of carbonyl (C=O) groups is 3. The standard InChI is InChI=1S/C14H15ClO6/c1-10(21-14(18)20-9-15)6-7-19-13(17)12-5-3-2-4-11(12)8-16/h2-5,8,10H,6-7,9H2,1H3. The van der Waals surface area contributed by atoms with Crippen molar-refractivity contribution >= 4 is 30.0 Å². The van der Waals surface area contributed by atoms with Crippen LogP contribution in [0.5, 0.6) is 0 Å². The van der Waals surface area contributed by atoms with Crippen LogP contribution in [0.4, 0.5) is 4.79 Å². The van der Waals surface area contributed by atoms with Crippen molar-refractivity contribution in [3.05, 3.63) is 35.4 Å². The summed E-state index contributed by atoms with van der Waals surface area (Å²) >= 11 is 5.20. The summed E-state index contributed by atoms with van der Waals surface area (Å²) < 4.78 is 14.3. The Kier molecular flexibility index (Phi) is 7.25. The van der Waals surface area contributed by atoms with Gasteiger partial charge in [-0.3, -0.25) is 4.79 Å². The summed E-state index contributed by atoms with van der Waals surface area (Å²) in [6.45, 7) is 1.67. The zero-order valence-electron chi connectivity index (χ0n) is 11.4. The van der Waals surface area contributed by atoms with Crippen LogP contribution < -0.4 is 0 Å². The Morgan fingerprint density at radius 1 is 1.29 bits per heavy atom. The number of benzene rings is 1. The summed E-state index contributed by atoms with van der Waals surface area (Å²) in [5.41, 5.74) is 0.458. The smallest absolute Gasteiger partial charge is 0.462 e. The topological polar surface area (TPSA) is 78.9 Å². The van der Waals surface area contributed by atoms with Crippen molar-refractivity contribution < 1.29 is 28.6 Å². The molecule has 21 heavy (non-hydrogen) atoms. The maximum absolute atomic E-state index is 11.8. The zero-order valence-corrected chi connectivity index (χ0v) is 12.2. The number of rotatable bonds is 7. The van der Waals surface area contributed by atoms with E-state index in [0.717, 1.165) is 0 Å². The molecule has 1 aromatic rings. The van der Waals surface area contributed by atoms with Gasteiger partial charge in [0.15, 0.2) is 12.4 Å². The molecule has 1 atom stereocenters. The fourth-order valence-corrected chi connectivity index (χ4v) is 1.57. The first kappa shape index (κ1) is 17.0. The zero-order chi connectivity index (χ0) is 15.7. The van der Waals surface area contributed by atoms with Crippen LogP contribution in [-0.4, -0.2) is 37.2 Å². The minimum Gasteiger partial charge on any atom is -0.462 e. The molecule has 7 heteroatoms. The normalized spacial score (nSPS) is 11.3. The second-order valence-corrected chi connectivity index (χ2v) is 4.28. The molecular formula is C14H15ClO6. The van der Waals surface area contributed by atoms with Crippen molar-refractivity contribution in [1.29, 1.82) is 0 Å². The molecule has 0 spiro atoms. The SMILES string of the molecule is CC(CCOC(=O)c1ccccc1C=O)OC(=O)OCCl. The third-order valence-corrected chi connectivity index (χ3v) is 2.64. The molecule has 0 fully saturated rings. The van der Waals surface area contributed by atoms with E-state index in [0.29, 0.717) is 12.7 Å². The van der Waals surface area contributed by atoms with Gasteiger partial charge in [-0.1, -0.05) is 29.8 Å². The van der Waals surface area contributed by atoms with E-state index in [1.807, 2.05) is 0 Å². The van der Waals surface area contributed by atoms with Crippen LogP contribution in [0.2, 0.25) is 0 Å².